The van der Waals surface area contributed by atoms with Crippen LogP contribution in [0.25, 0.3) is 0 Å². The molecule has 0 unspecified atom stereocenters. The summed E-state index contributed by atoms with van der Waals surface area (Å²) in [4.78, 5) is 0. The molecule has 0 spiro atoms. The van der Waals surface area contributed by atoms with Crippen molar-refractivity contribution in [3.05, 3.63) is 59.2 Å². The summed E-state index contributed by atoms with van der Waals surface area (Å²) in [5.41, 5.74) is 1.57. The van der Waals surface area contributed by atoms with Crippen LogP contribution < -0.4 is 10.1 Å². The van der Waals surface area contributed by atoms with Crippen LogP contribution in [0.4, 0.5) is 8.78 Å². The molecule has 2 aromatic rings. The van der Waals surface area contributed by atoms with Gasteiger partial charge in [-0.25, -0.2) is 8.78 Å². The minimum atomic E-state index is -0.462. The standard InChI is InChI=1S/C15H15F2NO/c1-10-3-5-12(16)8-15(10)19-14-6-4-11(9-18-2)7-13(14)17/h3-8,18H,9H2,1-2H3. The Morgan fingerprint density at radius 1 is 1.05 bits per heavy atom. The zero-order chi connectivity index (χ0) is 13.8. The molecule has 100 valence electrons. The largest absolute Gasteiger partial charge is 0.454 e. The molecule has 0 aliphatic carbocycles. The fourth-order valence-electron chi connectivity index (χ4n) is 1.74. The van der Waals surface area contributed by atoms with Crippen LogP contribution in [0.3, 0.4) is 0 Å². The zero-order valence-corrected chi connectivity index (χ0v) is 10.8. The first-order valence-electron chi connectivity index (χ1n) is 5.97. The number of benzene rings is 2. The van der Waals surface area contributed by atoms with E-state index >= 15 is 0 Å². The quantitative estimate of drug-likeness (QED) is 0.906. The van der Waals surface area contributed by atoms with E-state index in [9.17, 15) is 8.78 Å². The highest BCUT2D eigenvalue weighted by Crippen LogP contribution is 2.28. The van der Waals surface area contributed by atoms with E-state index in [4.69, 9.17) is 4.74 Å². The van der Waals surface area contributed by atoms with Crippen LogP contribution in [-0.2, 0) is 6.54 Å². The van der Waals surface area contributed by atoms with Gasteiger partial charge in [0, 0.05) is 12.6 Å². The maximum absolute atomic E-state index is 13.8. The van der Waals surface area contributed by atoms with E-state index in [1.165, 1.54) is 18.2 Å². The van der Waals surface area contributed by atoms with Crippen LogP contribution in [-0.4, -0.2) is 7.05 Å². The molecule has 0 atom stereocenters. The van der Waals surface area contributed by atoms with Crippen LogP contribution in [0, 0.1) is 18.6 Å². The number of halogens is 2. The zero-order valence-electron chi connectivity index (χ0n) is 10.8. The van der Waals surface area contributed by atoms with Gasteiger partial charge in [-0.3, -0.25) is 0 Å². The fraction of sp³-hybridized carbons (Fsp3) is 0.200. The fourth-order valence-corrected chi connectivity index (χ4v) is 1.74. The number of rotatable bonds is 4. The maximum Gasteiger partial charge on any atom is 0.166 e. The van der Waals surface area contributed by atoms with Gasteiger partial charge in [0.05, 0.1) is 0 Å². The highest BCUT2D eigenvalue weighted by atomic mass is 19.1. The SMILES string of the molecule is CNCc1ccc(Oc2cc(F)ccc2C)c(F)c1. The molecule has 0 saturated carbocycles. The van der Waals surface area contributed by atoms with Crippen LogP contribution in [0.2, 0.25) is 0 Å². The molecule has 0 heterocycles. The first-order valence-corrected chi connectivity index (χ1v) is 5.97. The summed E-state index contributed by atoms with van der Waals surface area (Å²) >= 11 is 0. The molecule has 0 aliphatic heterocycles. The van der Waals surface area contributed by atoms with Crippen molar-refractivity contribution >= 4 is 0 Å². The number of hydrogen-bond donors (Lipinski definition) is 1. The van der Waals surface area contributed by atoms with E-state index < -0.39 is 11.6 Å². The average molecular weight is 263 g/mol. The number of hydrogen-bond acceptors (Lipinski definition) is 2. The van der Waals surface area contributed by atoms with E-state index in [0.29, 0.717) is 12.3 Å². The molecule has 0 aromatic heterocycles. The van der Waals surface area contributed by atoms with Crippen molar-refractivity contribution in [2.45, 2.75) is 13.5 Å². The Labute approximate surface area is 111 Å². The first-order chi connectivity index (χ1) is 9.10. The molecule has 0 bridgehead atoms. The Kier molecular flexibility index (Phi) is 4.12. The Balaban J connectivity index is 2.25. The van der Waals surface area contributed by atoms with Gasteiger partial charge >= 0.3 is 0 Å². The van der Waals surface area contributed by atoms with Gasteiger partial charge in [-0.15, -0.1) is 0 Å². The van der Waals surface area contributed by atoms with Crippen molar-refractivity contribution in [2.75, 3.05) is 7.05 Å². The third-order valence-corrected chi connectivity index (χ3v) is 2.75. The normalized spacial score (nSPS) is 10.5. The molecule has 2 nitrogen and oxygen atoms in total. The molecule has 0 amide bonds. The molecule has 2 rings (SSSR count). The number of nitrogens with one attached hydrogen (secondary N) is 1. The minimum Gasteiger partial charge on any atom is -0.454 e. The second-order valence-corrected chi connectivity index (χ2v) is 4.31. The van der Waals surface area contributed by atoms with Gasteiger partial charge in [0.15, 0.2) is 11.6 Å². The summed E-state index contributed by atoms with van der Waals surface area (Å²) in [6.07, 6.45) is 0. The lowest BCUT2D eigenvalue weighted by Gasteiger charge is -2.10. The topological polar surface area (TPSA) is 21.3 Å². The molecular weight excluding hydrogens is 248 g/mol. The van der Waals surface area contributed by atoms with Crippen molar-refractivity contribution in [1.82, 2.24) is 5.32 Å². The van der Waals surface area contributed by atoms with Gasteiger partial charge in [-0.05, 0) is 43.3 Å². The van der Waals surface area contributed by atoms with Crippen molar-refractivity contribution in [3.8, 4) is 11.5 Å². The van der Waals surface area contributed by atoms with Crippen molar-refractivity contribution in [2.24, 2.45) is 0 Å². The Morgan fingerprint density at radius 2 is 1.84 bits per heavy atom. The van der Waals surface area contributed by atoms with Gasteiger partial charge in [0.2, 0.25) is 0 Å². The third kappa shape index (κ3) is 3.29. The lowest BCUT2D eigenvalue weighted by Crippen LogP contribution is -2.05. The van der Waals surface area contributed by atoms with Gasteiger partial charge in [-0.2, -0.15) is 0 Å². The highest BCUT2D eigenvalue weighted by Gasteiger charge is 2.08. The van der Waals surface area contributed by atoms with Crippen LogP contribution in [0.5, 0.6) is 11.5 Å². The summed E-state index contributed by atoms with van der Waals surface area (Å²) in [6, 6.07) is 8.90. The second kappa shape index (κ2) is 5.80. The third-order valence-electron chi connectivity index (χ3n) is 2.75. The predicted molar refractivity (Wildman–Crippen MR) is 70.4 cm³/mol. The molecular formula is C15H15F2NO. The summed E-state index contributed by atoms with van der Waals surface area (Å²) in [6.45, 7) is 2.36. The minimum absolute atomic E-state index is 0.0913. The number of aryl methyl sites for hydroxylation is 1. The molecule has 4 heteroatoms. The lowest BCUT2D eigenvalue weighted by atomic mass is 10.2. The van der Waals surface area contributed by atoms with E-state index in [1.54, 1.807) is 32.2 Å². The average Bonchev–Trinajstić information content (AvgIpc) is 2.37. The Hall–Kier alpha value is -1.94. The Bertz CT molecular complexity index is 584. The molecule has 0 saturated heterocycles. The highest BCUT2D eigenvalue weighted by molar-refractivity contribution is 5.38. The van der Waals surface area contributed by atoms with Gasteiger partial charge < -0.3 is 10.1 Å². The smallest absolute Gasteiger partial charge is 0.166 e. The predicted octanol–water partition coefficient (Wildman–Crippen LogP) is 3.78. The molecule has 0 radical (unpaired) electrons. The summed E-state index contributed by atoms with van der Waals surface area (Å²) in [7, 11) is 1.79. The summed E-state index contributed by atoms with van der Waals surface area (Å²) < 4.78 is 32.4. The summed E-state index contributed by atoms with van der Waals surface area (Å²) in [5, 5.41) is 2.94. The van der Waals surface area contributed by atoms with Gasteiger partial charge in [-0.1, -0.05) is 12.1 Å². The van der Waals surface area contributed by atoms with E-state index in [2.05, 4.69) is 5.32 Å². The Morgan fingerprint density at radius 3 is 2.53 bits per heavy atom. The van der Waals surface area contributed by atoms with Gasteiger partial charge in [0.1, 0.15) is 11.6 Å². The molecule has 1 N–H and O–H groups in total. The van der Waals surface area contributed by atoms with E-state index in [-0.39, 0.29) is 5.75 Å². The maximum atomic E-state index is 13.8. The van der Waals surface area contributed by atoms with E-state index in [1.807, 2.05) is 0 Å². The van der Waals surface area contributed by atoms with Crippen molar-refractivity contribution in [1.29, 1.82) is 0 Å². The van der Waals surface area contributed by atoms with Crippen LogP contribution >= 0.6 is 0 Å². The molecule has 0 fully saturated rings. The monoisotopic (exact) mass is 263 g/mol. The molecule has 0 aliphatic rings. The van der Waals surface area contributed by atoms with Crippen LogP contribution in [0.15, 0.2) is 36.4 Å². The second-order valence-electron chi connectivity index (χ2n) is 4.31. The van der Waals surface area contributed by atoms with E-state index in [0.717, 1.165) is 11.1 Å². The number of ether oxygens (including phenoxy) is 1. The first kappa shape index (κ1) is 13.5. The molecule has 2 aromatic carbocycles. The van der Waals surface area contributed by atoms with Crippen molar-refractivity contribution in [3.63, 3.8) is 0 Å². The van der Waals surface area contributed by atoms with Crippen LogP contribution in [0.1, 0.15) is 11.1 Å². The summed E-state index contributed by atoms with van der Waals surface area (Å²) in [5.74, 6) is -0.460. The molecule has 19 heavy (non-hydrogen) atoms. The van der Waals surface area contributed by atoms with Crippen molar-refractivity contribution < 1.29 is 13.5 Å². The van der Waals surface area contributed by atoms with Gasteiger partial charge in [0.25, 0.3) is 0 Å². The lowest BCUT2D eigenvalue weighted by molar-refractivity contribution is 0.435.